The van der Waals surface area contributed by atoms with Crippen LogP contribution in [0.15, 0.2) is 30.6 Å². The molecule has 0 aliphatic carbocycles. The maximum atomic E-state index is 13.1. The first-order chi connectivity index (χ1) is 11.7. The Kier molecular flexibility index (Phi) is 4.42. The molecule has 2 heterocycles. The molecule has 0 radical (unpaired) electrons. The highest BCUT2D eigenvalue weighted by Gasteiger charge is 2.44. The second kappa shape index (κ2) is 6.27. The number of amides is 1. The number of hydrogen-bond donors (Lipinski definition) is 1. The largest absolute Gasteiger partial charge is 0.465 e. The predicted octanol–water partition coefficient (Wildman–Crippen LogP) is 4.39. The zero-order valence-electron chi connectivity index (χ0n) is 13.5. The Labute approximate surface area is 147 Å². The maximum Gasteiger partial charge on any atom is 0.410 e. The highest BCUT2D eigenvalue weighted by atomic mass is 35.5. The van der Waals surface area contributed by atoms with E-state index in [1.807, 2.05) is 0 Å². The summed E-state index contributed by atoms with van der Waals surface area (Å²) in [4.78, 5) is 16.8. The molecule has 1 aliphatic heterocycles. The number of ether oxygens (including phenoxy) is 1. The second-order valence-electron chi connectivity index (χ2n) is 6.10. The van der Waals surface area contributed by atoms with E-state index < -0.39 is 24.4 Å². The van der Waals surface area contributed by atoms with Crippen LogP contribution >= 0.6 is 11.6 Å². The lowest BCUT2D eigenvalue weighted by atomic mass is 10.0. The minimum Gasteiger partial charge on any atom is -0.465 e. The van der Waals surface area contributed by atoms with Gasteiger partial charge in [-0.1, -0.05) is 17.7 Å². The number of hydrogen-bond acceptors (Lipinski definition) is 3. The molecule has 2 aromatic rings. The molecular formula is C16H16ClF2N3O3. The predicted molar refractivity (Wildman–Crippen MR) is 86.6 cm³/mol. The third-order valence-corrected chi connectivity index (χ3v) is 4.52. The van der Waals surface area contributed by atoms with Crippen molar-refractivity contribution in [2.75, 3.05) is 6.61 Å². The van der Waals surface area contributed by atoms with Crippen molar-refractivity contribution in [1.29, 1.82) is 0 Å². The minimum absolute atomic E-state index is 0.0156. The zero-order valence-corrected chi connectivity index (χ0v) is 14.2. The second-order valence-corrected chi connectivity index (χ2v) is 6.51. The van der Waals surface area contributed by atoms with Crippen molar-refractivity contribution in [1.82, 2.24) is 14.5 Å². The first kappa shape index (κ1) is 17.6. The molecule has 0 saturated carbocycles. The lowest BCUT2D eigenvalue weighted by Gasteiger charge is -2.31. The molecule has 1 aromatic carbocycles. The van der Waals surface area contributed by atoms with Crippen molar-refractivity contribution in [2.45, 2.75) is 32.2 Å². The van der Waals surface area contributed by atoms with Gasteiger partial charge in [-0.15, -0.1) is 0 Å². The number of benzene rings is 1. The summed E-state index contributed by atoms with van der Waals surface area (Å²) in [7, 11) is 0. The van der Waals surface area contributed by atoms with Gasteiger partial charge in [0.05, 0.1) is 17.7 Å². The minimum atomic E-state index is -2.76. The Morgan fingerprint density at radius 2 is 2.20 bits per heavy atom. The van der Waals surface area contributed by atoms with Gasteiger partial charge in [-0.2, -0.15) is 8.78 Å². The molecule has 25 heavy (non-hydrogen) atoms. The van der Waals surface area contributed by atoms with Gasteiger partial charge in [0.25, 0.3) is 0 Å². The van der Waals surface area contributed by atoms with Gasteiger partial charge in [0, 0.05) is 18.0 Å². The summed E-state index contributed by atoms with van der Waals surface area (Å²) < 4.78 is 32.5. The lowest BCUT2D eigenvalue weighted by Crippen LogP contribution is -2.44. The van der Waals surface area contributed by atoms with Gasteiger partial charge in [0.1, 0.15) is 11.5 Å². The molecule has 1 fully saturated rings. The van der Waals surface area contributed by atoms with Crippen LogP contribution in [0.1, 0.15) is 32.0 Å². The fourth-order valence-corrected chi connectivity index (χ4v) is 3.21. The van der Waals surface area contributed by atoms with Crippen LogP contribution in [-0.4, -0.2) is 38.0 Å². The molecule has 0 spiro atoms. The van der Waals surface area contributed by atoms with Crippen LogP contribution in [0, 0.1) is 0 Å². The van der Waals surface area contributed by atoms with E-state index in [2.05, 4.69) is 4.98 Å². The number of aromatic nitrogens is 2. The van der Waals surface area contributed by atoms with Gasteiger partial charge in [-0.05, 0) is 31.5 Å². The van der Waals surface area contributed by atoms with Gasteiger partial charge in [-0.3, -0.25) is 9.47 Å². The quantitative estimate of drug-likeness (QED) is 0.869. The molecule has 6 nitrogen and oxygen atoms in total. The van der Waals surface area contributed by atoms with Crippen molar-refractivity contribution >= 4 is 17.7 Å². The number of nitrogens with zero attached hydrogens (tertiary/aromatic N) is 3. The molecule has 9 heteroatoms. The van der Waals surface area contributed by atoms with Gasteiger partial charge < -0.3 is 9.84 Å². The summed E-state index contributed by atoms with van der Waals surface area (Å²) in [5.41, 5.74) is -0.0896. The summed E-state index contributed by atoms with van der Waals surface area (Å²) in [5.74, 6) is 0.0156. The molecule has 134 valence electrons. The third kappa shape index (κ3) is 3.07. The topological polar surface area (TPSA) is 67.6 Å². The van der Waals surface area contributed by atoms with Gasteiger partial charge in [0.2, 0.25) is 0 Å². The Balaban J connectivity index is 2.06. The SMILES string of the molecule is CC1(C)OCC(c2ccc(Cl)c(-c3nccn3C(F)F)c2)N1C(=O)O. The average Bonchev–Trinajstić information content (AvgIpc) is 3.11. The van der Waals surface area contributed by atoms with E-state index in [-0.39, 0.29) is 17.5 Å². The van der Waals surface area contributed by atoms with Crippen LogP contribution in [0.3, 0.4) is 0 Å². The van der Waals surface area contributed by atoms with Crippen LogP contribution in [0.5, 0.6) is 0 Å². The first-order valence-electron chi connectivity index (χ1n) is 7.49. The van der Waals surface area contributed by atoms with Crippen LogP contribution < -0.4 is 0 Å². The van der Waals surface area contributed by atoms with Crippen LogP contribution in [0.4, 0.5) is 13.6 Å². The highest BCUT2D eigenvalue weighted by molar-refractivity contribution is 6.33. The summed E-state index contributed by atoms with van der Waals surface area (Å²) in [6.45, 7) is 0.702. The third-order valence-electron chi connectivity index (χ3n) is 4.19. The molecule has 0 bridgehead atoms. The molecule has 1 aliphatic rings. The molecule has 1 atom stereocenters. The van der Waals surface area contributed by atoms with E-state index in [0.29, 0.717) is 15.7 Å². The molecule has 1 aromatic heterocycles. The summed E-state index contributed by atoms with van der Waals surface area (Å²) in [6, 6.07) is 4.21. The number of halogens is 3. The van der Waals surface area contributed by atoms with E-state index in [1.165, 1.54) is 11.1 Å². The van der Waals surface area contributed by atoms with Crippen molar-refractivity contribution in [2.24, 2.45) is 0 Å². The summed E-state index contributed by atoms with van der Waals surface area (Å²) in [6.07, 6.45) is 1.29. The van der Waals surface area contributed by atoms with Crippen LogP contribution in [0.2, 0.25) is 5.02 Å². The number of alkyl halides is 2. The van der Waals surface area contributed by atoms with Crippen molar-refractivity contribution < 1.29 is 23.4 Å². The first-order valence-corrected chi connectivity index (χ1v) is 7.87. The Morgan fingerprint density at radius 1 is 1.48 bits per heavy atom. The zero-order chi connectivity index (χ0) is 18.4. The van der Waals surface area contributed by atoms with Gasteiger partial charge >= 0.3 is 12.6 Å². The monoisotopic (exact) mass is 371 g/mol. The fourth-order valence-electron chi connectivity index (χ4n) is 3.01. The van der Waals surface area contributed by atoms with Crippen LogP contribution in [0.25, 0.3) is 11.4 Å². The highest BCUT2D eigenvalue weighted by Crippen LogP contribution is 2.39. The van der Waals surface area contributed by atoms with Crippen LogP contribution in [-0.2, 0) is 4.74 Å². The van der Waals surface area contributed by atoms with Gasteiger partial charge in [-0.25, -0.2) is 9.78 Å². The molecule has 1 saturated heterocycles. The standard InChI is InChI=1S/C16H16ClF2N3O3/c1-16(2)22(15(23)24)12(8-25-16)9-3-4-11(17)10(7-9)13-20-5-6-21(13)14(18)19/h3-7,12,14H,8H2,1-2H3,(H,23,24). The molecule has 3 rings (SSSR count). The van der Waals surface area contributed by atoms with E-state index in [9.17, 15) is 18.7 Å². The van der Waals surface area contributed by atoms with E-state index in [4.69, 9.17) is 16.3 Å². The summed E-state index contributed by atoms with van der Waals surface area (Å²) in [5, 5.41) is 9.76. The number of carbonyl (C=O) groups is 1. The smallest absolute Gasteiger partial charge is 0.410 e. The molecule has 1 unspecified atom stereocenters. The Bertz CT molecular complexity index is 810. The molecule has 1 amide bonds. The number of imidazole rings is 1. The average molecular weight is 372 g/mol. The number of rotatable bonds is 3. The Morgan fingerprint density at radius 3 is 2.84 bits per heavy atom. The van der Waals surface area contributed by atoms with E-state index in [1.54, 1.807) is 32.0 Å². The maximum absolute atomic E-state index is 13.1. The van der Waals surface area contributed by atoms with E-state index in [0.717, 1.165) is 6.20 Å². The van der Waals surface area contributed by atoms with Crippen molar-refractivity contribution in [3.63, 3.8) is 0 Å². The van der Waals surface area contributed by atoms with Gasteiger partial charge in [0.15, 0.2) is 0 Å². The van der Waals surface area contributed by atoms with E-state index >= 15 is 0 Å². The lowest BCUT2D eigenvalue weighted by molar-refractivity contribution is -0.0420. The Hall–Kier alpha value is -2.19. The summed E-state index contributed by atoms with van der Waals surface area (Å²) >= 11 is 6.17. The number of carboxylic acid groups (broad SMARTS) is 1. The van der Waals surface area contributed by atoms with Crippen molar-refractivity contribution in [3.8, 4) is 11.4 Å². The fraction of sp³-hybridized carbons (Fsp3) is 0.375. The molecular weight excluding hydrogens is 356 g/mol. The molecule has 1 N–H and O–H groups in total. The normalized spacial score (nSPS) is 19.6. The van der Waals surface area contributed by atoms with Crippen molar-refractivity contribution in [3.05, 3.63) is 41.2 Å².